The zero-order valence-corrected chi connectivity index (χ0v) is 16.6. The molecule has 1 heterocycles. The maximum atomic E-state index is 13.0. The number of ether oxygens (including phenoxy) is 1. The molecule has 5 nitrogen and oxygen atoms in total. The predicted molar refractivity (Wildman–Crippen MR) is 111 cm³/mol. The predicted octanol–water partition coefficient (Wildman–Crippen LogP) is 4.16. The molecule has 2 amide bonds. The molecule has 4 aliphatic rings. The summed E-state index contributed by atoms with van der Waals surface area (Å²) < 4.78 is 5.97. The van der Waals surface area contributed by atoms with E-state index in [1.54, 1.807) is 6.21 Å². The van der Waals surface area contributed by atoms with Crippen LogP contribution in [0.4, 0.5) is 0 Å². The topological polar surface area (TPSA) is 59.0 Å². The quantitative estimate of drug-likeness (QED) is 0.449. The van der Waals surface area contributed by atoms with Crippen molar-refractivity contribution in [3.8, 4) is 5.75 Å². The molecule has 3 aliphatic carbocycles. The molecule has 0 unspecified atom stereocenters. The van der Waals surface area contributed by atoms with Gasteiger partial charge in [0.05, 0.1) is 24.2 Å². The highest BCUT2D eigenvalue weighted by Crippen LogP contribution is 2.49. The summed E-state index contributed by atoms with van der Waals surface area (Å²) in [7, 11) is 0. The van der Waals surface area contributed by atoms with Crippen LogP contribution in [0.2, 0.25) is 0 Å². The third-order valence-electron chi connectivity index (χ3n) is 6.33. The van der Waals surface area contributed by atoms with Crippen molar-refractivity contribution in [1.29, 1.82) is 0 Å². The van der Waals surface area contributed by atoms with Gasteiger partial charge < -0.3 is 4.74 Å². The number of rotatable bonds is 4. The van der Waals surface area contributed by atoms with Gasteiger partial charge in [0.1, 0.15) is 5.75 Å². The van der Waals surface area contributed by atoms with E-state index >= 15 is 0 Å². The molecule has 0 aromatic heterocycles. The summed E-state index contributed by atoms with van der Waals surface area (Å²) in [4.78, 5) is 26.0. The first-order chi connectivity index (χ1) is 14.0. The van der Waals surface area contributed by atoms with Gasteiger partial charge >= 0.3 is 0 Å². The zero-order chi connectivity index (χ0) is 20.1. The minimum absolute atomic E-state index is 0.00271. The van der Waals surface area contributed by atoms with E-state index in [9.17, 15) is 9.59 Å². The smallest absolute Gasteiger partial charge is 0.254 e. The highest BCUT2D eigenvalue weighted by molar-refractivity contribution is 6.08. The van der Waals surface area contributed by atoms with E-state index in [1.165, 1.54) is 0 Å². The van der Waals surface area contributed by atoms with Gasteiger partial charge in [-0.05, 0) is 55.4 Å². The summed E-state index contributed by atoms with van der Waals surface area (Å²) in [6, 6.07) is 11.9. The highest BCUT2D eigenvalue weighted by atomic mass is 16.5. The standard InChI is InChI=1S/C24H24N2O3/c1-14(2)29-20-12-11-15-5-3-4-6-18(15)19(20)13-25-26-23(27)21-16-7-8-17(10-9-16)22(21)24(26)28/h3-8,11-14,16-17,21-22H,9-10H2,1-2H3/b25-13-/t16-,17-,21-,22-/m1/s1. The summed E-state index contributed by atoms with van der Waals surface area (Å²) in [6.45, 7) is 3.94. The molecule has 2 aromatic rings. The van der Waals surface area contributed by atoms with Crippen LogP contribution in [0.5, 0.6) is 5.75 Å². The van der Waals surface area contributed by atoms with Crippen LogP contribution in [0.15, 0.2) is 53.7 Å². The lowest BCUT2D eigenvalue weighted by Gasteiger charge is -2.37. The lowest BCUT2D eigenvalue weighted by Crippen LogP contribution is -2.38. The van der Waals surface area contributed by atoms with Gasteiger partial charge in [0.25, 0.3) is 11.8 Å². The van der Waals surface area contributed by atoms with Crippen LogP contribution >= 0.6 is 0 Å². The van der Waals surface area contributed by atoms with Crippen LogP contribution in [-0.4, -0.2) is 29.1 Å². The Bertz CT molecular complexity index is 1020. The van der Waals surface area contributed by atoms with Crippen LogP contribution < -0.4 is 4.74 Å². The van der Waals surface area contributed by atoms with Crippen LogP contribution in [0, 0.1) is 23.7 Å². The molecule has 1 saturated heterocycles. The van der Waals surface area contributed by atoms with Gasteiger partial charge in [-0.1, -0.05) is 42.5 Å². The fourth-order valence-corrected chi connectivity index (χ4v) is 5.05. The average Bonchev–Trinajstić information content (AvgIpc) is 3.00. The number of fused-ring (bicyclic) bond motifs is 2. The number of amides is 2. The molecule has 6 rings (SSSR count). The Labute approximate surface area is 170 Å². The number of allylic oxidation sites excluding steroid dienone is 2. The van der Waals surface area contributed by atoms with E-state index in [0.717, 1.165) is 34.2 Å². The summed E-state index contributed by atoms with van der Waals surface area (Å²) in [6.07, 6.45) is 7.81. The second-order valence-corrected chi connectivity index (χ2v) is 8.44. The van der Waals surface area contributed by atoms with E-state index in [4.69, 9.17) is 4.74 Å². The Morgan fingerprint density at radius 1 is 1.00 bits per heavy atom. The molecule has 2 aromatic carbocycles. The molecule has 0 spiro atoms. The fourth-order valence-electron chi connectivity index (χ4n) is 5.05. The Morgan fingerprint density at radius 3 is 2.28 bits per heavy atom. The van der Waals surface area contributed by atoms with Gasteiger partial charge in [0.2, 0.25) is 0 Å². The van der Waals surface area contributed by atoms with Crippen molar-refractivity contribution < 1.29 is 14.3 Å². The van der Waals surface area contributed by atoms with Crippen molar-refractivity contribution >= 4 is 28.8 Å². The first kappa shape index (κ1) is 18.1. The van der Waals surface area contributed by atoms with Crippen LogP contribution in [0.3, 0.4) is 0 Å². The Balaban J connectivity index is 1.53. The molecule has 29 heavy (non-hydrogen) atoms. The summed E-state index contributed by atoms with van der Waals surface area (Å²) in [5.41, 5.74) is 0.786. The molecule has 2 fully saturated rings. The van der Waals surface area contributed by atoms with E-state index in [0.29, 0.717) is 5.75 Å². The molecule has 2 bridgehead atoms. The second-order valence-electron chi connectivity index (χ2n) is 8.44. The third-order valence-corrected chi connectivity index (χ3v) is 6.33. The van der Waals surface area contributed by atoms with Crippen molar-refractivity contribution in [1.82, 2.24) is 5.01 Å². The number of carbonyl (C=O) groups excluding carboxylic acids is 2. The van der Waals surface area contributed by atoms with Crippen molar-refractivity contribution in [2.45, 2.75) is 32.8 Å². The van der Waals surface area contributed by atoms with Gasteiger partial charge in [-0.2, -0.15) is 10.1 Å². The Morgan fingerprint density at radius 2 is 1.66 bits per heavy atom. The monoisotopic (exact) mass is 388 g/mol. The second kappa shape index (κ2) is 6.83. The first-order valence-electron chi connectivity index (χ1n) is 10.3. The molecular formula is C24H24N2O3. The summed E-state index contributed by atoms with van der Waals surface area (Å²) >= 11 is 0. The van der Waals surface area contributed by atoms with Crippen LogP contribution in [-0.2, 0) is 9.59 Å². The number of imide groups is 1. The number of hydrazone groups is 1. The van der Waals surface area contributed by atoms with Crippen LogP contribution in [0.25, 0.3) is 10.8 Å². The van der Waals surface area contributed by atoms with Crippen molar-refractivity contribution in [3.63, 3.8) is 0 Å². The van der Waals surface area contributed by atoms with Crippen molar-refractivity contribution in [3.05, 3.63) is 54.1 Å². The molecule has 4 atom stereocenters. The molecule has 0 N–H and O–H groups in total. The minimum Gasteiger partial charge on any atom is -0.490 e. The maximum absolute atomic E-state index is 13.0. The van der Waals surface area contributed by atoms with Crippen molar-refractivity contribution in [2.24, 2.45) is 28.8 Å². The normalized spacial score (nSPS) is 28.2. The lowest BCUT2D eigenvalue weighted by molar-refractivity contribution is -0.140. The van der Waals surface area contributed by atoms with Gasteiger partial charge in [-0.25, -0.2) is 0 Å². The maximum Gasteiger partial charge on any atom is 0.254 e. The van der Waals surface area contributed by atoms with Gasteiger partial charge in [0, 0.05) is 5.56 Å². The average molecular weight is 388 g/mol. The molecule has 0 radical (unpaired) electrons. The number of hydrogen-bond donors (Lipinski definition) is 0. The highest BCUT2D eigenvalue weighted by Gasteiger charge is 2.56. The van der Waals surface area contributed by atoms with Crippen molar-refractivity contribution in [2.75, 3.05) is 0 Å². The lowest BCUT2D eigenvalue weighted by atomic mass is 9.63. The van der Waals surface area contributed by atoms with Crippen LogP contribution in [0.1, 0.15) is 32.3 Å². The van der Waals surface area contributed by atoms with E-state index in [-0.39, 0.29) is 41.6 Å². The van der Waals surface area contributed by atoms with E-state index in [1.807, 2.05) is 50.2 Å². The first-order valence-corrected chi connectivity index (χ1v) is 10.3. The molecule has 1 aliphatic heterocycles. The van der Waals surface area contributed by atoms with E-state index < -0.39 is 0 Å². The molecule has 5 heteroatoms. The molecular weight excluding hydrogens is 364 g/mol. The molecule has 1 saturated carbocycles. The van der Waals surface area contributed by atoms with Gasteiger partial charge in [-0.15, -0.1) is 0 Å². The fraction of sp³-hybridized carbons (Fsp3) is 0.375. The third kappa shape index (κ3) is 2.87. The largest absolute Gasteiger partial charge is 0.490 e. The number of nitrogens with zero attached hydrogens (tertiary/aromatic N) is 2. The number of benzene rings is 2. The SMILES string of the molecule is CC(C)Oc1ccc2ccccc2c1/C=N\N1C(=O)[C@H]2[C@H](C1=O)[C@@H]1C=C[C@@H]2CC1. The zero-order valence-electron chi connectivity index (χ0n) is 16.6. The van der Waals surface area contributed by atoms with Gasteiger partial charge in [-0.3, -0.25) is 9.59 Å². The summed E-state index contributed by atoms with van der Waals surface area (Å²) in [5, 5.41) is 7.54. The number of hydrogen-bond acceptors (Lipinski definition) is 4. The Kier molecular flexibility index (Phi) is 4.26. The van der Waals surface area contributed by atoms with E-state index in [2.05, 4.69) is 17.3 Å². The summed E-state index contributed by atoms with van der Waals surface area (Å²) in [5.74, 6) is 0.201. The molecule has 148 valence electrons. The number of carbonyl (C=O) groups is 2. The van der Waals surface area contributed by atoms with Gasteiger partial charge in [0.15, 0.2) is 0 Å². The minimum atomic E-state index is -0.248. The Hall–Kier alpha value is -2.95.